The van der Waals surface area contributed by atoms with Crippen LogP contribution in [0.1, 0.15) is 10.4 Å². The van der Waals surface area contributed by atoms with E-state index in [1.54, 1.807) is 0 Å². The Morgan fingerprint density at radius 1 is 1.17 bits per heavy atom. The molecule has 0 spiro atoms. The standard InChI is InChI=1S/C15H15FN4O4/c1-18(2)12(21)8-19-7-11(13(17)22)14(23)20(15(19)24)10-5-3-9(16)4-6-10/h3-7H,8H2,1-2H3,(H2,17,22). The van der Waals surface area contributed by atoms with Gasteiger partial charge in [-0.05, 0) is 24.3 Å². The first-order valence-corrected chi connectivity index (χ1v) is 6.84. The Kier molecular flexibility index (Phi) is 4.63. The Morgan fingerprint density at radius 2 is 1.75 bits per heavy atom. The largest absolute Gasteiger partial charge is 0.365 e. The van der Waals surface area contributed by atoms with Crippen LogP contribution >= 0.6 is 0 Å². The maximum atomic E-state index is 13.1. The highest BCUT2D eigenvalue weighted by atomic mass is 19.1. The van der Waals surface area contributed by atoms with Crippen LogP contribution in [0, 0.1) is 5.82 Å². The molecule has 0 unspecified atom stereocenters. The van der Waals surface area contributed by atoms with Gasteiger partial charge in [-0.15, -0.1) is 0 Å². The minimum atomic E-state index is -1.04. The first-order chi connectivity index (χ1) is 11.2. The Labute approximate surface area is 135 Å². The highest BCUT2D eigenvalue weighted by molar-refractivity contribution is 5.92. The second kappa shape index (κ2) is 6.49. The maximum absolute atomic E-state index is 13.1. The van der Waals surface area contributed by atoms with Crippen LogP contribution in [0.15, 0.2) is 40.1 Å². The van der Waals surface area contributed by atoms with Crippen LogP contribution < -0.4 is 17.0 Å². The van der Waals surface area contributed by atoms with E-state index in [4.69, 9.17) is 5.73 Å². The quantitative estimate of drug-likeness (QED) is 0.799. The smallest absolute Gasteiger partial charge is 0.336 e. The first-order valence-electron chi connectivity index (χ1n) is 6.84. The molecule has 24 heavy (non-hydrogen) atoms. The SMILES string of the molecule is CN(C)C(=O)Cn1cc(C(N)=O)c(=O)n(-c2ccc(F)cc2)c1=O. The molecule has 0 aliphatic rings. The number of nitrogens with two attached hydrogens (primary N) is 1. The summed E-state index contributed by atoms with van der Waals surface area (Å²) in [6.45, 7) is -0.381. The van der Waals surface area contributed by atoms with Gasteiger partial charge in [0.15, 0.2) is 0 Å². The summed E-state index contributed by atoms with van der Waals surface area (Å²) in [6, 6.07) is 4.54. The van der Waals surface area contributed by atoms with Crippen molar-refractivity contribution < 1.29 is 14.0 Å². The summed E-state index contributed by atoms with van der Waals surface area (Å²) in [4.78, 5) is 49.4. The molecule has 0 fully saturated rings. The van der Waals surface area contributed by atoms with Crippen molar-refractivity contribution in [2.75, 3.05) is 14.1 Å². The summed E-state index contributed by atoms with van der Waals surface area (Å²) >= 11 is 0. The van der Waals surface area contributed by atoms with Crippen LogP contribution in [0.2, 0.25) is 0 Å². The molecule has 1 heterocycles. The Bertz CT molecular complexity index is 913. The van der Waals surface area contributed by atoms with Crippen LogP contribution in [-0.2, 0) is 11.3 Å². The van der Waals surface area contributed by atoms with E-state index in [9.17, 15) is 23.6 Å². The lowest BCUT2D eigenvalue weighted by Gasteiger charge is -2.14. The molecule has 0 saturated carbocycles. The van der Waals surface area contributed by atoms with Gasteiger partial charge in [-0.25, -0.2) is 13.8 Å². The van der Waals surface area contributed by atoms with E-state index in [1.165, 1.54) is 31.1 Å². The molecule has 0 saturated heterocycles. The summed E-state index contributed by atoms with van der Waals surface area (Å²) in [5.41, 5.74) is 3.00. The van der Waals surface area contributed by atoms with Crippen LogP contribution in [0.4, 0.5) is 4.39 Å². The summed E-state index contributed by atoms with van der Waals surface area (Å²) in [6.07, 6.45) is 0.953. The van der Waals surface area contributed by atoms with Gasteiger partial charge in [-0.3, -0.25) is 19.0 Å². The van der Waals surface area contributed by atoms with Crippen molar-refractivity contribution in [3.8, 4) is 5.69 Å². The van der Waals surface area contributed by atoms with Crippen molar-refractivity contribution in [2.24, 2.45) is 5.73 Å². The first kappa shape index (κ1) is 17.1. The van der Waals surface area contributed by atoms with E-state index >= 15 is 0 Å². The van der Waals surface area contributed by atoms with Crippen molar-refractivity contribution >= 4 is 11.8 Å². The zero-order valence-corrected chi connectivity index (χ0v) is 13.0. The molecule has 2 aromatic rings. The van der Waals surface area contributed by atoms with Crippen LogP contribution in [0.3, 0.4) is 0 Å². The summed E-state index contributed by atoms with van der Waals surface area (Å²) < 4.78 is 14.6. The van der Waals surface area contributed by atoms with Crippen molar-refractivity contribution in [2.45, 2.75) is 6.54 Å². The Balaban J connectivity index is 2.73. The Morgan fingerprint density at radius 3 is 2.25 bits per heavy atom. The maximum Gasteiger partial charge on any atom is 0.336 e. The monoisotopic (exact) mass is 334 g/mol. The number of halogens is 1. The number of amides is 2. The van der Waals surface area contributed by atoms with E-state index in [0.717, 1.165) is 22.9 Å². The molecule has 1 aromatic heterocycles. The number of carbonyl (C=O) groups excluding carboxylic acids is 2. The lowest BCUT2D eigenvalue weighted by atomic mass is 10.2. The molecule has 2 N–H and O–H groups in total. The molecule has 0 radical (unpaired) electrons. The fraction of sp³-hybridized carbons (Fsp3) is 0.200. The highest BCUT2D eigenvalue weighted by Gasteiger charge is 2.18. The Hall–Kier alpha value is -3.23. The van der Waals surface area contributed by atoms with E-state index in [1.807, 2.05) is 0 Å². The number of hydrogen-bond donors (Lipinski definition) is 1. The fourth-order valence-electron chi connectivity index (χ4n) is 1.99. The number of aromatic nitrogens is 2. The summed E-state index contributed by atoms with van der Waals surface area (Å²) in [5.74, 6) is -2.01. The van der Waals surface area contributed by atoms with Crippen molar-refractivity contribution in [3.63, 3.8) is 0 Å². The number of benzene rings is 1. The molecule has 2 rings (SSSR count). The van der Waals surface area contributed by atoms with Crippen molar-refractivity contribution in [3.05, 3.63) is 62.7 Å². The number of hydrogen-bond acceptors (Lipinski definition) is 4. The van der Waals surface area contributed by atoms with Gasteiger partial charge in [0.1, 0.15) is 17.9 Å². The van der Waals surface area contributed by atoms with Crippen molar-refractivity contribution in [1.82, 2.24) is 14.0 Å². The molecule has 0 bridgehead atoms. The normalized spacial score (nSPS) is 10.5. The van der Waals surface area contributed by atoms with Gasteiger partial charge in [0.25, 0.3) is 11.5 Å². The lowest BCUT2D eigenvalue weighted by Crippen LogP contribution is -2.44. The van der Waals surface area contributed by atoms with Gasteiger partial charge in [-0.2, -0.15) is 0 Å². The van der Waals surface area contributed by atoms with Crippen LogP contribution in [-0.4, -0.2) is 39.9 Å². The third-order valence-corrected chi connectivity index (χ3v) is 3.31. The number of nitrogens with zero attached hydrogens (tertiary/aromatic N) is 3. The molecule has 8 nitrogen and oxygen atoms in total. The van der Waals surface area contributed by atoms with Crippen LogP contribution in [0.5, 0.6) is 0 Å². The predicted molar refractivity (Wildman–Crippen MR) is 83.5 cm³/mol. The summed E-state index contributed by atoms with van der Waals surface area (Å²) in [7, 11) is 3.00. The molecular weight excluding hydrogens is 319 g/mol. The van der Waals surface area contributed by atoms with Crippen LogP contribution in [0.25, 0.3) is 5.69 Å². The number of primary amides is 1. The lowest BCUT2D eigenvalue weighted by molar-refractivity contribution is -0.129. The van der Waals surface area contributed by atoms with Gasteiger partial charge in [0.2, 0.25) is 5.91 Å². The zero-order valence-electron chi connectivity index (χ0n) is 13.0. The number of likely N-dealkylation sites (N-methyl/N-ethyl adjacent to an activating group) is 1. The zero-order chi connectivity index (χ0) is 18.0. The minimum Gasteiger partial charge on any atom is -0.365 e. The topological polar surface area (TPSA) is 107 Å². The third kappa shape index (κ3) is 3.24. The van der Waals surface area contributed by atoms with Gasteiger partial charge >= 0.3 is 5.69 Å². The molecule has 9 heteroatoms. The molecule has 0 aliphatic carbocycles. The van der Waals surface area contributed by atoms with E-state index in [-0.39, 0.29) is 12.2 Å². The second-order valence-electron chi connectivity index (χ2n) is 5.22. The van der Waals surface area contributed by atoms with E-state index in [0.29, 0.717) is 4.57 Å². The average molecular weight is 334 g/mol. The molecular formula is C15H15FN4O4. The van der Waals surface area contributed by atoms with Gasteiger partial charge in [-0.1, -0.05) is 0 Å². The number of carbonyl (C=O) groups is 2. The molecule has 1 aromatic carbocycles. The third-order valence-electron chi connectivity index (χ3n) is 3.31. The van der Waals surface area contributed by atoms with E-state index < -0.39 is 34.4 Å². The van der Waals surface area contributed by atoms with E-state index in [2.05, 4.69) is 0 Å². The molecule has 0 aliphatic heterocycles. The van der Waals surface area contributed by atoms with Gasteiger partial charge < -0.3 is 10.6 Å². The number of rotatable bonds is 4. The highest BCUT2D eigenvalue weighted by Crippen LogP contribution is 2.05. The minimum absolute atomic E-state index is 0.0561. The average Bonchev–Trinajstić information content (AvgIpc) is 2.51. The van der Waals surface area contributed by atoms with Gasteiger partial charge in [0, 0.05) is 20.3 Å². The molecule has 2 amide bonds. The fourth-order valence-corrected chi connectivity index (χ4v) is 1.99. The molecule has 0 atom stereocenters. The predicted octanol–water partition coefficient (Wildman–Crippen LogP) is -0.675. The summed E-state index contributed by atoms with van der Waals surface area (Å²) in [5, 5.41) is 0. The molecule has 126 valence electrons. The van der Waals surface area contributed by atoms with Gasteiger partial charge in [0.05, 0.1) is 5.69 Å². The van der Waals surface area contributed by atoms with Crippen molar-refractivity contribution in [1.29, 1.82) is 0 Å². The second-order valence-corrected chi connectivity index (χ2v) is 5.22.